The topological polar surface area (TPSA) is 193 Å². The van der Waals surface area contributed by atoms with Gasteiger partial charge in [0.25, 0.3) is 0 Å². The lowest BCUT2D eigenvalue weighted by atomic mass is 9.89. The molecule has 398 valence electrons. The van der Waals surface area contributed by atoms with Gasteiger partial charge in [0.15, 0.2) is 11.6 Å². The van der Waals surface area contributed by atoms with Crippen LogP contribution in [-0.4, -0.2) is 109 Å². The van der Waals surface area contributed by atoms with Crippen LogP contribution in [0.5, 0.6) is 0 Å². The number of nitrogens with zero attached hydrogens (tertiary/aromatic N) is 12. The van der Waals surface area contributed by atoms with Crippen molar-refractivity contribution >= 4 is 97.2 Å². The fourth-order valence-electron chi connectivity index (χ4n) is 10.1. The molecule has 5 aliphatic heterocycles. The lowest BCUT2D eigenvalue weighted by Gasteiger charge is -2.35. The second-order valence-corrected chi connectivity index (χ2v) is 24.1. The molecule has 2 N–H and O–H groups in total. The number of hydrogen-bond acceptors (Lipinski definition) is 16. The summed E-state index contributed by atoms with van der Waals surface area (Å²) >= 11 is 6.66. The summed E-state index contributed by atoms with van der Waals surface area (Å²) in [6, 6.07) is 23.2. The number of thiazole rings is 2. The van der Waals surface area contributed by atoms with Crippen molar-refractivity contribution in [3.8, 4) is 33.0 Å². The average molecular weight is 1150 g/mol. The van der Waals surface area contributed by atoms with E-state index in [1.165, 1.54) is 0 Å². The lowest BCUT2D eigenvalue weighted by molar-refractivity contribution is 0.00578. The van der Waals surface area contributed by atoms with Gasteiger partial charge in [-0.3, -0.25) is 35.4 Å². The third kappa shape index (κ3) is 11.0. The number of carbonyl (C=O) groups is 2. The van der Waals surface area contributed by atoms with E-state index in [0.717, 1.165) is 114 Å². The highest BCUT2D eigenvalue weighted by Gasteiger charge is 2.52. The molecule has 18 nitrogen and oxygen atoms in total. The standard InChI is InChI=1S/C25H23N7OS.C21H19BrN6O.C10H16BNO2S/c1-15-11-17(5-8-26-15)20-3-4-21-24(29-20)32(19-7-10-31(21)14-19)25(33)30-23-12-18(6-9-27-23)22-13-28-16(2)34-22;1-13-10-14(4-7-23-13)17-2-3-18-20(25-17)28(16-6-9-27(18)12-16)21(29)26-19-11-15(22)5-8-24-19;1-7-12-6-8(15-7)11-13-9(2,3)10(4,5)14-11/h3-6,8-9,11-13,19H,7,10,14H2,1-2H3,(H,27,30,33);2-5,7-8,10-11,16H,6,9,12H2,1H3,(H,24,26,29);6H,1-5H3/t19-;16-;/m00./s1. The molecule has 0 aromatic carbocycles. The van der Waals surface area contributed by atoms with Gasteiger partial charge in [-0.05, 0) is 147 Å². The van der Waals surface area contributed by atoms with Crippen molar-refractivity contribution in [1.82, 2.24) is 39.9 Å². The highest BCUT2D eigenvalue weighted by atomic mass is 79.9. The Morgan fingerprint density at radius 1 is 0.603 bits per heavy atom. The van der Waals surface area contributed by atoms with E-state index in [-0.39, 0.29) is 42.5 Å². The second-order valence-electron chi connectivity index (χ2n) is 20.7. The molecule has 0 spiro atoms. The molecule has 4 bridgehead atoms. The molecule has 8 aromatic heterocycles. The molecule has 8 aromatic rings. The summed E-state index contributed by atoms with van der Waals surface area (Å²) in [6.07, 6.45) is 12.4. The summed E-state index contributed by atoms with van der Waals surface area (Å²) in [5.74, 6) is 2.40. The fourth-order valence-corrected chi connectivity index (χ4v) is 11.9. The van der Waals surface area contributed by atoms with Crippen molar-refractivity contribution in [2.75, 3.05) is 56.4 Å². The SMILES string of the molecule is Cc1cc(-c2ccc3c(n2)N(C(=O)Nc2cc(-c4cnc(C)s4)ccn2)[C@H]2CCN3C2)ccn1.Cc1cc(-c2ccc3c(n2)N(C(=O)Nc2cc(Br)ccn2)[C@H]2CCN3C2)ccn1.Cc1ncc(B2OC(C)(C)C(C)(C)O2)s1. The van der Waals surface area contributed by atoms with Crippen molar-refractivity contribution in [2.24, 2.45) is 0 Å². The number of nitrogens with one attached hydrogen (secondary N) is 2. The molecular formula is C56H58BBrN14O4S2. The van der Waals surface area contributed by atoms with E-state index in [1.807, 2.05) is 99.6 Å². The van der Waals surface area contributed by atoms with Crippen molar-refractivity contribution in [3.63, 3.8) is 0 Å². The first kappa shape index (κ1) is 52.8. The first-order valence-corrected chi connectivity index (χ1v) is 28.2. The largest absolute Gasteiger partial charge is 0.507 e. The van der Waals surface area contributed by atoms with Crippen molar-refractivity contribution in [1.29, 1.82) is 0 Å². The zero-order valence-corrected chi connectivity index (χ0v) is 47.8. The van der Waals surface area contributed by atoms with Gasteiger partial charge in [0.05, 0.1) is 65.7 Å². The van der Waals surface area contributed by atoms with Gasteiger partial charge in [-0.1, -0.05) is 15.9 Å². The molecule has 2 atom stereocenters. The van der Waals surface area contributed by atoms with Gasteiger partial charge in [-0.25, -0.2) is 34.5 Å². The molecule has 4 amide bonds. The number of carbonyl (C=O) groups excluding carboxylic acids is 2. The molecule has 0 radical (unpaired) electrons. The Balaban J connectivity index is 0.000000133. The van der Waals surface area contributed by atoms with Crippen LogP contribution in [0.25, 0.3) is 33.0 Å². The molecule has 3 fully saturated rings. The minimum atomic E-state index is -0.268. The first-order chi connectivity index (χ1) is 37.4. The van der Waals surface area contributed by atoms with Crippen LogP contribution in [-0.2, 0) is 9.31 Å². The highest BCUT2D eigenvalue weighted by Crippen LogP contribution is 2.43. The maximum Gasteiger partial charge on any atom is 0.507 e. The summed E-state index contributed by atoms with van der Waals surface area (Å²) < 4.78 is 13.7. The van der Waals surface area contributed by atoms with Gasteiger partial charge in [0, 0.05) is 90.3 Å². The highest BCUT2D eigenvalue weighted by molar-refractivity contribution is 9.10. The number of amides is 4. The van der Waals surface area contributed by atoms with Gasteiger partial charge < -0.3 is 19.1 Å². The zero-order chi connectivity index (χ0) is 54.5. The van der Waals surface area contributed by atoms with Crippen LogP contribution in [0, 0.1) is 27.7 Å². The van der Waals surface area contributed by atoms with Crippen molar-refractivity contribution in [3.05, 3.63) is 136 Å². The number of fused-ring (bicyclic) bond motifs is 8. The van der Waals surface area contributed by atoms with E-state index in [0.29, 0.717) is 23.3 Å². The lowest BCUT2D eigenvalue weighted by Crippen LogP contribution is -2.48. The van der Waals surface area contributed by atoms with Crippen molar-refractivity contribution < 1.29 is 18.9 Å². The third-order valence-electron chi connectivity index (χ3n) is 14.7. The number of pyridine rings is 6. The first-order valence-electron chi connectivity index (χ1n) is 25.8. The predicted molar refractivity (Wildman–Crippen MR) is 313 cm³/mol. The molecule has 13 rings (SSSR count). The maximum atomic E-state index is 13.6. The summed E-state index contributed by atoms with van der Waals surface area (Å²) in [4.78, 5) is 71.6. The molecule has 13 heterocycles. The fraction of sp³-hybridized carbons (Fsp3) is 0.321. The number of halogens is 1. The average Bonchev–Trinajstić information content (AvgIpc) is 4.45. The second kappa shape index (κ2) is 21.5. The molecule has 0 unspecified atom stereocenters. The van der Waals surface area contributed by atoms with Gasteiger partial charge >= 0.3 is 19.2 Å². The Morgan fingerprint density at radius 2 is 1.09 bits per heavy atom. The number of rotatable bonds is 6. The summed E-state index contributed by atoms with van der Waals surface area (Å²) in [5, 5.41) is 7.97. The monoisotopic (exact) mass is 1140 g/mol. The minimum absolute atomic E-state index is 0.0711. The number of aryl methyl sites for hydroxylation is 4. The molecule has 0 aliphatic carbocycles. The molecule has 78 heavy (non-hydrogen) atoms. The predicted octanol–water partition coefficient (Wildman–Crippen LogP) is 10.9. The number of anilines is 6. The Hall–Kier alpha value is -7.24. The van der Waals surface area contributed by atoms with E-state index in [9.17, 15) is 9.59 Å². The zero-order valence-electron chi connectivity index (χ0n) is 44.6. The quantitative estimate of drug-likeness (QED) is 0.149. The molecule has 22 heteroatoms. The van der Waals surface area contributed by atoms with Crippen LogP contribution in [0.3, 0.4) is 0 Å². The van der Waals surface area contributed by atoms with Crippen LogP contribution >= 0.6 is 38.6 Å². The summed E-state index contributed by atoms with van der Waals surface area (Å²) in [6.45, 7) is 19.6. The summed E-state index contributed by atoms with van der Waals surface area (Å²) in [7, 11) is -0.263. The number of hydrogen-bond donors (Lipinski definition) is 2. The number of aromatic nitrogens is 8. The number of urea groups is 2. The van der Waals surface area contributed by atoms with Crippen LogP contribution in [0.15, 0.2) is 114 Å². The Kier molecular flexibility index (Phi) is 14.6. The van der Waals surface area contributed by atoms with Gasteiger partial charge in [-0.2, -0.15) is 0 Å². The van der Waals surface area contributed by atoms with Gasteiger partial charge in [-0.15, -0.1) is 22.7 Å². The van der Waals surface area contributed by atoms with E-state index in [2.05, 4.69) is 106 Å². The van der Waals surface area contributed by atoms with Crippen LogP contribution in [0.2, 0.25) is 0 Å². The van der Waals surface area contributed by atoms with E-state index < -0.39 is 0 Å². The molecular weight excluding hydrogens is 1090 g/mol. The molecule has 0 saturated carbocycles. The van der Waals surface area contributed by atoms with Gasteiger partial charge in [0.2, 0.25) is 0 Å². The van der Waals surface area contributed by atoms with E-state index >= 15 is 0 Å². The Morgan fingerprint density at radius 3 is 1.58 bits per heavy atom. The van der Waals surface area contributed by atoms with Crippen LogP contribution in [0.1, 0.15) is 61.9 Å². The van der Waals surface area contributed by atoms with Crippen LogP contribution < -0.4 is 35.0 Å². The van der Waals surface area contributed by atoms with Crippen LogP contribution in [0.4, 0.5) is 44.2 Å². The minimum Gasteiger partial charge on any atom is -0.399 e. The molecule has 5 aliphatic rings. The third-order valence-corrected chi connectivity index (χ3v) is 17.1. The smallest absolute Gasteiger partial charge is 0.399 e. The Labute approximate surface area is 470 Å². The normalized spacial score (nSPS) is 18.1. The Bertz CT molecular complexity index is 3550. The molecule has 3 saturated heterocycles. The van der Waals surface area contributed by atoms with Gasteiger partial charge in [0.1, 0.15) is 11.6 Å². The maximum absolute atomic E-state index is 13.6. The van der Waals surface area contributed by atoms with Crippen molar-refractivity contribution in [2.45, 2.75) is 91.5 Å². The van der Waals surface area contributed by atoms with E-state index in [4.69, 9.17) is 19.3 Å². The van der Waals surface area contributed by atoms with E-state index in [1.54, 1.807) is 58.4 Å². The summed E-state index contributed by atoms with van der Waals surface area (Å²) in [5.41, 5.74) is 7.91.